The molecule has 2 fully saturated rings. The number of aliphatic hydroxyl groups is 1. The molecular formula is C20H28FN3O4. The zero-order valence-corrected chi connectivity index (χ0v) is 15.9. The molecule has 0 spiro atoms. The minimum atomic E-state index is -0.563. The van der Waals surface area contributed by atoms with Crippen LogP contribution in [0.3, 0.4) is 0 Å². The molecule has 2 saturated heterocycles. The van der Waals surface area contributed by atoms with Crippen LogP contribution in [-0.2, 0) is 9.53 Å². The van der Waals surface area contributed by atoms with Crippen LogP contribution in [0.15, 0.2) is 24.3 Å². The molecule has 8 heteroatoms. The summed E-state index contributed by atoms with van der Waals surface area (Å²) >= 11 is 0. The average molecular weight is 393 g/mol. The van der Waals surface area contributed by atoms with Gasteiger partial charge in [-0.05, 0) is 56.4 Å². The molecule has 3 amide bonds. The van der Waals surface area contributed by atoms with Crippen molar-refractivity contribution < 1.29 is 23.8 Å². The average Bonchev–Trinajstić information content (AvgIpc) is 2.71. The number of ether oxygens (including phenoxy) is 1. The van der Waals surface area contributed by atoms with Gasteiger partial charge in [0.05, 0.1) is 25.2 Å². The Morgan fingerprint density at radius 1 is 1.14 bits per heavy atom. The van der Waals surface area contributed by atoms with E-state index < -0.39 is 12.1 Å². The number of nitrogens with one attached hydrogen (secondary N) is 2. The largest absolute Gasteiger partial charge is 0.394 e. The quantitative estimate of drug-likeness (QED) is 0.716. The minimum Gasteiger partial charge on any atom is -0.394 e. The molecule has 1 aromatic rings. The Balaban J connectivity index is 1.47. The highest BCUT2D eigenvalue weighted by molar-refractivity contribution is 5.89. The second-order valence-corrected chi connectivity index (χ2v) is 7.41. The topological polar surface area (TPSA) is 90.9 Å². The molecule has 2 aliphatic heterocycles. The third-order valence-electron chi connectivity index (χ3n) is 5.33. The van der Waals surface area contributed by atoms with Gasteiger partial charge in [0.1, 0.15) is 11.9 Å². The normalized spacial score (nSPS) is 25.2. The van der Waals surface area contributed by atoms with Gasteiger partial charge in [0.25, 0.3) is 0 Å². The fraction of sp³-hybridized carbons (Fsp3) is 0.600. The van der Waals surface area contributed by atoms with Gasteiger partial charge in [0.15, 0.2) is 0 Å². The predicted octanol–water partition coefficient (Wildman–Crippen LogP) is 2.26. The lowest BCUT2D eigenvalue weighted by Gasteiger charge is -2.37. The molecule has 1 aromatic carbocycles. The first-order valence-corrected chi connectivity index (χ1v) is 9.92. The number of urea groups is 1. The first-order valence-electron chi connectivity index (χ1n) is 9.92. The van der Waals surface area contributed by atoms with Crippen molar-refractivity contribution in [3.8, 4) is 0 Å². The van der Waals surface area contributed by atoms with Crippen molar-refractivity contribution in [2.24, 2.45) is 0 Å². The van der Waals surface area contributed by atoms with Crippen LogP contribution in [0, 0.1) is 5.82 Å². The van der Waals surface area contributed by atoms with Crippen LogP contribution in [0.2, 0.25) is 0 Å². The lowest BCUT2D eigenvalue weighted by molar-refractivity contribution is -0.141. The maximum absolute atomic E-state index is 12.9. The standard InChI is InChI=1S/C20H28FN3O4/c21-14-4-6-15(7-5-14)22-20(27)23-17-9-8-16(28-18(17)13-25)12-19(26)24-10-2-1-3-11-24/h4-7,16-18,25H,1-3,8-13H2,(H2,22,23,27)/t16-,17+,18-/m1/s1. The zero-order chi connectivity index (χ0) is 19.9. The van der Waals surface area contributed by atoms with Gasteiger partial charge in [-0.15, -0.1) is 0 Å². The van der Waals surface area contributed by atoms with Crippen molar-refractivity contribution >= 4 is 17.6 Å². The minimum absolute atomic E-state index is 0.0989. The van der Waals surface area contributed by atoms with Crippen LogP contribution < -0.4 is 10.6 Å². The fourth-order valence-electron chi connectivity index (χ4n) is 3.78. The van der Waals surface area contributed by atoms with E-state index in [0.29, 0.717) is 24.9 Å². The van der Waals surface area contributed by atoms with Gasteiger partial charge < -0.3 is 25.4 Å². The molecule has 0 bridgehead atoms. The summed E-state index contributed by atoms with van der Waals surface area (Å²) in [7, 11) is 0. The van der Waals surface area contributed by atoms with E-state index in [9.17, 15) is 19.1 Å². The van der Waals surface area contributed by atoms with Gasteiger partial charge >= 0.3 is 6.03 Å². The van der Waals surface area contributed by atoms with Crippen LogP contribution >= 0.6 is 0 Å². The first kappa shape index (κ1) is 20.5. The second-order valence-electron chi connectivity index (χ2n) is 7.41. The zero-order valence-electron chi connectivity index (χ0n) is 15.9. The van der Waals surface area contributed by atoms with Crippen LogP contribution in [0.4, 0.5) is 14.9 Å². The summed E-state index contributed by atoms with van der Waals surface area (Å²) < 4.78 is 18.8. The first-order chi connectivity index (χ1) is 13.5. The van der Waals surface area contributed by atoms with Crippen molar-refractivity contribution in [2.45, 2.75) is 56.8 Å². The molecule has 0 aromatic heterocycles. The summed E-state index contributed by atoms with van der Waals surface area (Å²) in [6.07, 6.45) is 4.01. The van der Waals surface area contributed by atoms with Gasteiger partial charge in [-0.25, -0.2) is 9.18 Å². The second kappa shape index (κ2) is 9.84. The van der Waals surface area contributed by atoms with Gasteiger partial charge in [-0.2, -0.15) is 0 Å². The molecule has 3 atom stereocenters. The summed E-state index contributed by atoms with van der Waals surface area (Å²) in [6, 6.07) is 4.67. The number of benzene rings is 1. The Bertz CT molecular complexity index is 664. The molecule has 0 saturated carbocycles. The van der Waals surface area contributed by atoms with E-state index in [-0.39, 0.29) is 30.5 Å². The Kier molecular flexibility index (Phi) is 7.22. The van der Waals surface area contributed by atoms with Crippen LogP contribution in [0.25, 0.3) is 0 Å². The van der Waals surface area contributed by atoms with Crippen LogP contribution in [0.1, 0.15) is 38.5 Å². The molecule has 0 radical (unpaired) electrons. The number of likely N-dealkylation sites (tertiary alicyclic amines) is 1. The van der Waals surface area contributed by atoms with Crippen molar-refractivity contribution in [3.63, 3.8) is 0 Å². The monoisotopic (exact) mass is 393 g/mol. The summed E-state index contributed by atoms with van der Waals surface area (Å²) in [6.45, 7) is 1.38. The number of amides is 3. The highest BCUT2D eigenvalue weighted by Crippen LogP contribution is 2.23. The summed E-state index contributed by atoms with van der Waals surface area (Å²) in [4.78, 5) is 26.5. The third-order valence-corrected chi connectivity index (χ3v) is 5.33. The molecule has 0 unspecified atom stereocenters. The van der Waals surface area contributed by atoms with E-state index >= 15 is 0 Å². The lowest BCUT2D eigenvalue weighted by Crippen LogP contribution is -2.52. The number of aliphatic hydroxyl groups excluding tert-OH is 1. The van der Waals surface area contributed by atoms with Crippen molar-refractivity contribution in [1.82, 2.24) is 10.2 Å². The molecule has 7 nitrogen and oxygen atoms in total. The summed E-state index contributed by atoms with van der Waals surface area (Å²) in [5, 5.41) is 15.1. The summed E-state index contributed by atoms with van der Waals surface area (Å²) in [5.74, 6) is -0.279. The van der Waals surface area contributed by atoms with Crippen molar-refractivity contribution in [3.05, 3.63) is 30.1 Å². The van der Waals surface area contributed by atoms with E-state index in [1.54, 1.807) is 0 Å². The molecular weight excluding hydrogens is 365 g/mol. The smallest absolute Gasteiger partial charge is 0.319 e. The highest BCUT2D eigenvalue weighted by atomic mass is 19.1. The number of rotatable bonds is 5. The van der Waals surface area contributed by atoms with Gasteiger partial charge in [-0.3, -0.25) is 4.79 Å². The Labute approximate surface area is 164 Å². The molecule has 0 aliphatic carbocycles. The molecule has 2 aliphatic rings. The fourth-order valence-corrected chi connectivity index (χ4v) is 3.78. The molecule has 2 heterocycles. The maximum Gasteiger partial charge on any atom is 0.319 e. The van der Waals surface area contributed by atoms with Crippen molar-refractivity contribution in [1.29, 1.82) is 0 Å². The van der Waals surface area contributed by atoms with Gasteiger partial charge in [0, 0.05) is 18.8 Å². The maximum atomic E-state index is 12.9. The number of hydrogen-bond donors (Lipinski definition) is 3. The highest BCUT2D eigenvalue weighted by Gasteiger charge is 2.33. The number of carbonyl (C=O) groups excluding carboxylic acids is 2. The SMILES string of the molecule is O=C(Nc1ccc(F)cc1)N[C@H]1CC[C@H](CC(=O)N2CCCCC2)O[C@@H]1CO. The van der Waals surface area contributed by atoms with Crippen LogP contribution in [-0.4, -0.2) is 59.9 Å². The van der Waals surface area contributed by atoms with E-state index in [0.717, 1.165) is 25.9 Å². The van der Waals surface area contributed by atoms with Crippen molar-refractivity contribution in [2.75, 3.05) is 25.0 Å². The Hall–Kier alpha value is -2.19. The number of nitrogens with zero attached hydrogens (tertiary/aromatic N) is 1. The Morgan fingerprint density at radius 2 is 1.86 bits per heavy atom. The molecule has 28 heavy (non-hydrogen) atoms. The number of carbonyl (C=O) groups is 2. The Morgan fingerprint density at radius 3 is 2.54 bits per heavy atom. The summed E-state index contributed by atoms with van der Waals surface area (Å²) in [5.41, 5.74) is 0.473. The van der Waals surface area contributed by atoms with E-state index in [1.165, 1.54) is 30.7 Å². The van der Waals surface area contributed by atoms with E-state index in [4.69, 9.17) is 4.74 Å². The number of piperidine rings is 1. The van der Waals surface area contributed by atoms with Gasteiger partial charge in [-0.1, -0.05) is 0 Å². The number of anilines is 1. The lowest BCUT2D eigenvalue weighted by atomic mass is 9.96. The third kappa shape index (κ3) is 5.65. The predicted molar refractivity (Wildman–Crippen MR) is 102 cm³/mol. The number of halogens is 1. The van der Waals surface area contributed by atoms with E-state index in [1.807, 2.05) is 4.90 Å². The molecule has 3 rings (SSSR count). The van der Waals surface area contributed by atoms with Gasteiger partial charge in [0.2, 0.25) is 5.91 Å². The molecule has 154 valence electrons. The number of hydrogen-bond acceptors (Lipinski definition) is 4. The van der Waals surface area contributed by atoms with Crippen LogP contribution in [0.5, 0.6) is 0 Å². The molecule has 3 N–H and O–H groups in total. The van der Waals surface area contributed by atoms with E-state index in [2.05, 4.69) is 10.6 Å².